The van der Waals surface area contributed by atoms with E-state index in [0.29, 0.717) is 15.1 Å². The second kappa shape index (κ2) is 5.04. The number of methoxy groups -OCH3 is 1. The number of halogens is 2. The minimum atomic E-state index is -0.461. The second-order valence-electron chi connectivity index (χ2n) is 3.15. The summed E-state index contributed by atoms with van der Waals surface area (Å²) in [6.45, 7) is 0. The topological polar surface area (TPSA) is 39.2 Å². The second-order valence-corrected chi connectivity index (χ2v) is 4.86. The number of nitrogens with zero attached hydrogens (tertiary/aromatic N) is 1. The Kier molecular flexibility index (Phi) is 3.66. The van der Waals surface area contributed by atoms with Gasteiger partial charge < -0.3 is 4.74 Å². The van der Waals surface area contributed by atoms with E-state index in [2.05, 4.69) is 9.72 Å². The summed E-state index contributed by atoms with van der Waals surface area (Å²) < 4.78 is 4.59. The summed E-state index contributed by atoms with van der Waals surface area (Å²) in [5, 5.41) is 3.35. The van der Waals surface area contributed by atoms with Crippen LogP contribution in [0.3, 0.4) is 0 Å². The van der Waals surface area contributed by atoms with Crippen molar-refractivity contribution in [2.24, 2.45) is 0 Å². The molecule has 0 aliphatic rings. The summed E-state index contributed by atoms with van der Waals surface area (Å²) in [6.07, 6.45) is 0. The van der Waals surface area contributed by atoms with E-state index >= 15 is 0 Å². The zero-order valence-corrected chi connectivity index (χ0v) is 11.1. The molecule has 88 valence electrons. The molecule has 1 heterocycles. The average Bonchev–Trinajstić information content (AvgIpc) is 2.77. The molecule has 0 unspecified atom stereocenters. The summed E-state index contributed by atoms with van der Waals surface area (Å²) in [5.41, 5.74) is 1.02. The number of hydrogen-bond acceptors (Lipinski definition) is 4. The van der Waals surface area contributed by atoms with Gasteiger partial charge in [-0.2, -0.15) is 0 Å². The Morgan fingerprint density at radius 3 is 2.82 bits per heavy atom. The summed E-state index contributed by atoms with van der Waals surface area (Å²) >= 11 is 13.2. The first-order valence-electron chi connectivity index (χ1n) is 4.61. The van der Waals surface area contributed by atoms with Gasteiger partial charge in [0.15, 0.2) is 5.69 Å². The van der Waals surface area contributed by atoms with E-state index in [0.717, 1.165) is 5.56 Å². The molecule has 2 rings (SSSR count). The van der Waals surface area contributed by atoms with Gasteiger partial charge in [0.1, 0.15) is 5.01 Å². The van der Waals surface area contributed by atoms with Crippen molar-refractivity contribution in [3.8, 4) is 10.6 Å². The van der Waals surface area contributed by atoms with Crippen molar-refractivity contribution >= 4 is 40.5 Å². The molecule has 2 aromatic rings. The lowest BCUT2D eigenvalue weighted by Gasteiger charge is -2.00. The number of carbonyl (C=O) groups excluding carboxylic acids is 1. The van der Waals surface area contributed by atoms with Gasteiger partial charge in [-0.3, -0.25) is 0 Å². The monoisotopic (exact) mass is 287 g/mol. The Morgan fingerprint density at radius 1 is 1.41 bits per heavy atom. The van der Waals surface area contributed by atoms with E-state index in [1.807, 2.05) is 0 Å². The van der Waals surface area contributed by atoms with Crippen molar-refractivity contribution in [2.75, 3.05) is 7.11 Å². The number of ether oxygens (including phenoxy) is 1. The predicted octanol–water partition coefficient (Wildman–Crippen LogP) is 3.90. The van der Waals surface area contributed by atoms with E-state index in [1.54, 1.807) is 23.6 Å². The van der Waals surface area contributed by atoms with Gasteiger partial charge in [0, 0.05) is 16.0 Å². The van der Waals surface area contributed by atoms with Crippen molar-refractivity contribution in [3.05, 3.63) is 39.3 Å². The van der Waals surface area contributed by atoms with Crippen LogP contribution in [0.4, 0.5) is 0 Å². The normalized spacial score (nSPS) is 10.3. The molecule has 0 saturated heterocycles. The highest BCUT2D eigenvalue weighted by atomic mass is 35.5. The van der Waals surface area contributed by atoms with Crippen LogP contribution in [0.1, 0.15) is 10.5 Å². The highest BCUT2D eigenvalue weighted by Gasteiger charge is 2.13. The van der Waals surface area contributed by atoms with E-state index in [1.165, 1.54) is 18.4 Å². The molecule has 3 nitrogen and oxygen atoms in total. The first kappa shape index (κ1) is 12.4. The fraction of sp³-hybridized carbons (Fsp3) is 0.0909. The lowest BCUT2D eigenvalue weighted by atomic mass is 10.2. The molecule has 0 atom stereocenters. The molecule has 0 fully saturated rings. The minimum Gasteiger partial charge on any atom is -0.464 e. The predicted molar refractivity (Wildman–Crippen MR) is 68.9 cm³/mol. The van der Waals surface area contributed by atoms with E-state index < -0.39 is 5.97 Å². The molecular weight excluding hydrogens is 281 g/mol. The average molecular weight is 288 g/mol. The lowest BCUT2D eigenvalue weighted by molar-refractivity contribution is 0.0595. The quantitative estimate of drug-likeness (QED) is 0.787. The number of esters is 1. The van der Waals surface area contributed by atoms with E-state index in [4.69, 9.17) is 23.2 Å². The number of benzene rings is 1. The smallest absolute Gasteiger partial charge is 0.357 e. The van der Waals surface area contributed by atoms with Crippen molar-refractivity contribution < 1.29 is 9.53 Å². The number of aromatic nitrogens is 1. The SMILES string of the molecule is COC(=O)c1csc(-c2ccc(Cl)cc2Cl)n1. The van der Waals surface area contributed by atoms with E-state index in [9.17, 15) is 4.79 Å². The molecule has 1 aromatic heterocycles. The third-order valence-corrected chi connectivity index (χ3v) is 3.48. The maximum Gasteiger partial charge on any atom is 0.357 e. The molecule has 6 heteroatoms. The molecule has 0 aliphatic heterocycles. The fourth-order valence-corrected chi connectivity index (χ4v) is 2.64. The summed E-state index contributed by atoms with van der Waals surface area (Å²) in [4.78, 5) is 15.4. The highest BCUT2D eigenvalue weighted by Crippen LogP contribution is 2.32. The van der Waals surface area contributed by atoms with Gasteiger partial charge in [-0.1, -0.05) is 23.2 Å². The van der Waals surface area contributed by atoms with Gasteiger partial charge in [0.05, 0.1) is 12.1 Å². The third-order valence-electron chi connectivity index (χ3n) is 2.06. The number of hydrogen-bond donors (Lipinski definition) is 0. The maximum atomic E-state index is 11.3. The van der Waals surface area contributed by atoms with Crippen LogP contribution in [0.15, 0.2) is 23.6 Å². The van der Waals surface area contributed by atoms with Crippen molar-refractivity contribution in [3.63, 3.8) is 0 Å². The molecule has 0 saturated carbocycles. The zero-order chi connectivity index (χ0) is 12.4. The molecule has 0 N–H and O–H groups in total. The number of thiazole rings is 1. The maximum absolute atomic E-state index is 11.3. The molecule has 0 bridgehead atoms. The van der Waals surface area contributed by atoms with Crippen LogP contribution in [0, 0.1) is 0 Å². The van der Waals surface area contributed by atoms with E-state index in [-0.39, 0.29) is 5.69 Å². The summed E-state index contributed by atoms with van der Waals surface area (Å²) in [6, 6.07) is 5.13. The Hall–Kier alpha value is -1.10. The minimum absolute atomic E-state index is 0.276. The molecule has 0 aliphatic carbocycles. The number of carbonyl (C=O) groups is 1. The lowest BCUT2D eigenvalue weighted by Crippen LogP contribution is -2.00. The number of rotatable bonds is 2. The summed E-state index contributed by atoms with van der Waals surface area (Å²) in [7, 11) is 1.32. The molecule has 1 aromatic carbocycles. The first-order valence-corrected chi connectivity index (χ1v) is 6.24. The van der Waals surface area contributed by atoms with Gasteiger partial charge in [0.25, 0.3) is 0 Å². The standard InChI is InChI=1S/C11H7Cl2NO2S/c1-16-11(15)9-5-17-10(14-9)7-3-2-6(12)4-8(7)13/h2-5H,1H3. The van der Waals surface area contributed by atoms with Crippen LogP contribution in [-0.2, 0) is 4.74 Å². The van der Waals surface area contributed by atoms with Crippen molar-refractivity contribution in [1.29, 1.82) is 0 Å². The third kappa shape index (κ3) is 2.60. The Bertz CT molecular complexity index is 568. The van der Waals surface area contributed by atoms with Crippen LogP contribution in [-0.4, -0.2) is 18.1 Å². The van der Waals surface area contributed by atoms with Crippen LogP contribution >= 0.6 is 34.5 Å². The Labute approximate surface area is 112 Å². The molecular formula is C11H7Cl2NO2S. The van der Waals surface area contributed by atoms with Crippen LogP contribution in [0.25, 0.3) is 10.6 Å². The largest absolute Gasteiger partial charge is 0.464 e. The van der Waals surface area contributed by atoms with Gasteiger partial charge in [0.2, 0.25) is 0 Å². The van der Waals surface area contributed by atoms with Gasteiger partial charge >= 0.3 is 5.97 Å². The summed E-state index contributed by atoms with van der Waals surface area (Å²) in [5.74, 6) is -0.461. The van der Waals surface area contributed by atoms with Gasteiger partial charge in [-0.15, -0.1) is 11.3 Å². The molecule has 0 spiro atoms. The van der Waals surface area contributed by atoms with Gasteiger partial charge in [-0.25, -0.2) is 9.78 Å². The van der Waals surface area contributed by atoms with Crippen LogP contribution in [0.2, 0.25) is 10.0 Å². The highest BCUT2D eigenvalue weighted by molar-refractivity contribution is 7.13. The molecule has 0 radical (unpaired) electrons. The zero-order valence-electron chi connectivity index (χ0n) is 8.74. The first-order chi connectivity index (χ1) is 8.11. The van der Waals surface area contributed by atoms with Crippen molar-refractivity contribution in [2.45, 2.75) is 0 Å². The Morgan fingerprint density at radius 2 is 2.18 bits per heavy atom. The molecule has 17 heavy (non-hydrogen) atoms. The van der Waals surface area contributed by atoms with Crippen LogP contribution < -0.4 is 0 Å². The van der Waals surface area contributed by atoms with Gasteiger partial charge in [-0.05, 0) is 18.2 Å². The Balaban J connectivity index is 2.40. The van der Waals surface area contributed by atoms with Crippen molar-refractivity contribution in [1.82, 2.24) is 4.98 Å². The molecule has 0 amide bonds. The fourth-order valence-electron chi connectivity index (χ4n) is 1.26. The van der Waals surface area contributed by atoms with Crippen LogP contribution in [0.5, 0.6) is 0 Å².